The molecule has 0 aliphatic heterocycles. The highest BCUT2D eigenvalue weighted by atomic mass is 16.2. The molecule has 0 atom stereocenters. The third kappa shape index (κ3) is 1.48. The molecule has 0 aliphatic carbocycles. The summed E-state index contributed by atoms with van der Waals surface area (Å²) in [5.41, 5.74) is 1.64. The van der Waals surface area contributed by atoms with Gasteiger partial charge in [-0.3, -0.25) is 9.59 Å². The molecule has 0 spiro atoms. The highest BCUT2D eigenvalue weighted by molar-refractivity contribution is 6.12. The molecule has 2 aromatic heterocycles. The van der Waals surface area contributed by atoms with Gasteiger partial charge in [-0.15, -0.1) is 0 Å². The van der Waals surface area contributed by atoms with Crippen molar-refractivity contribution < 1.29 is 4.79 Å². The van der Waals surface area contributed by atoms with Gasteiger partial charge in [0.1, 0.15) is 5.69 Å². The molecule has 3 rings (SSSR count). The van der Waals surface area contributed by atoms with E-state index in [1.165, 1.54) is 13.0 Å². The predicted octanol–water partition coefficient (Wildman–Crippen LogP) is 1.97. The topological polar surface area (TPSA) is 77.8 Å². The summed E-state index contributed by atoms with van der Waals surface area (Å²) in [5, 5.41) is 4.33. The molecule has 1 amide bonds. The molecule has 3 aromatic rings. The van der Waals surface area contributed by atoms with Crippen LogP contribution in [0.3, 0.4) is 0 Å². The first kappa shape index (κ1) is 10.6. The van der Waals surface area contributed by atoms with Crippen LogP contribution < -0.4 is 10.7 Å². The van der Waals surface area contributed by atoms with Crippen LogP contribution in [-0.4, -0.2) is 15.9 Å². The van der Waals surface area contributed by atoms with Crippen molar-refractivity contribution in [1.29, 1.82) is 0 Å². The second-order valence-corrected chi connectivity index (χ2v) is 4.14. The van der Waals surface area contributed by atoms with Gasteiger partial charge in [0.05, 0.1) is 5.52 Å². The third-order valence-electron chi connectivity index (χ3n) is 2.87. The van der Waals surface area contributed by atoms with E-state index < -0.39 is 0 Å². The molecule has 5 heteroatoms. The van der Waals surface area contributed by atoms with E-state index >= 15 is 0 Å². The Morgan fingerprint density at radius 2 is 2.00 bits per heavy atom. The van der Waals surface area contributed by atoms with Crippen molar-refractivity contribution in [2.75, 3.05) is 5.32 Å². The Labute approximate surface area is 102 Å². The van der Waals surface area contributed by atoms with Crippen molar-refractivity contribution in [1.82, 2.24) is 9.97 Å². The van der Waals surface area contributed by atoms with Gasteiger partial charge < -0.3 is 15.3 Å². The number of hydrogen-bond donors (Lipinski definition) is 3. The van der Waals surface area contributed by atoms with Crippen LogP contribution in [0.2, 0.25) is 0 Å². The molecule has 0 bridgehead atoms. The van der Waals surface area contributed by atoms with Gasteiger partial charge in [0, 0.05) is 30.2 Å². The fraction of sp³-hybridized carbons (Fsp3) is 0.0769. The molecule has 0 saturated heterocycles. The van der Waals surface area contributed by atoms with Gasteiger partial charge in [-0.25, -0.2) is 0 Å². The van der Waals surface area contributed by atoms with Crippen LogP contribution in [0.25, 0.3) is 21.8 Å². The minimum absolute atomic E-state index is 0.201. The van der Waals surface area contributed by atoms with E-state index in [0.717, 1.165) is 16.3 Å². The Kier molecular flexibility index (Phi) is 2.19. The van der Waals surface area contributed by atoms with Crippen LogP contribution in [0.4, 0.5) is 5.69 Å². The van der Waals surface area contributed by atoms with E-state index in [-0.39, 0.29) is 11.3 Å². The number of carbonyl (C=O) groups is 1. The minimum atomic E-state index is -0.263. The summed E-state index contributed by atoms with van der Waals surface area (Å²) in [6.07, 6.45) is 3.52. The zero-order chi connectivity index (χ0) is 12.7. The second-order valence-electron chi connectivity index (χ2n) is 4.14. The van der Waals surface area contributed by atoms with Crippen molar-refractivity contribution in [3.8, 4) is 0 Å². The van der Waals surface area contributed by atoms with Gasteiger partial charge in [-0.1, -0.05) is 0 Å². The lowest BCUT2D eigenvalue weighted by Gasteiger charge is -2.09. The first-order chi connectivity index (χ1) is 8.66. The Hall–Kier alpha value is -2.56. The number of H-pyrrole nitrogens is 2. The Morgan fingerprint density at radius 3 is 2.78 bits per heavy atom. The largest absolute Gasteiger partial charge is 0.361 e. The summed E-state index contributed by atoms with van der Waals surface area (Å²) in [7, 11) is 0. The number of amides is 1. The molecule has 90 valence electrons. The smallest absolute Gasteiger partial charge is 0.221 e. The van der Waals surface area contributed by atoms with E-state index in [4.69, 9.17) is 0 Å². The first-order valence-electron chi connectivity index (χ1n) is 5.56. The van der Waals surface area contributed by atoms with Gasteiger partial charge in [-0.05, 0) is 23.6 Å². The number of pyridine rings is 2. The number of hydrogen-bond acceptors (Lipinski definition) is 2. The zero-order valence-corrected chi connectivity index (χ0v) is 9.70. The maximum atomic E-state index is 12.0. The van der Waals surface area contributed by atoms with Gasteiger partial charge in [0.2, 0.25) is 11.3 Å². The fourth-order valence-electron chi connectivity index (χ4n) is 2.18. The van der Waals surface area contributed by atoms with Crippen LogP contribution >= 0.6 is 0 Å². The molecular weight excluding hydrogens is 230 g/mol. The SMILES string of the molecule is CC(=O)Nc1c(=O)cc2cc[nH]c3cc[nH]c1c23. The van der Waals surface area contributed by atoms with Crippen molar-refractivity contribution in [2.45, 2.75) is 6.92 Å². The standard InChI is InChI=1S/C13H11N3O2/c1-7(17)16-12-10(18)6-8-2-4-14-9-3-5-15-13(12)11(8)9/h2-6,14-15H,1H3,(H,16,17). The lowest BCUT2D eigenvalue weighted by atomic mass is 10.1. The van der Waals surface area contributed by atoms with Crippen molar-refractivity contribution in [2.24, 2.45) is 0 Å². The van der Waals surface area contributed by atoms with E-state index in [1.807, 2.05) is 12.1 Å². The van der Waals surface area contributed by atoms with E-state index in [1.54, 1.807) is 12.4 Å². The minimum Gasteiger partial charge on any atom is -0.361 e. The molecule has 2 heterocycles. The molecule has 0 unspecified atom stereocenters. The Morgan fingerprint density at radius 1 is 1.22 bits per heavy atom. The molecule has 5 nitrogen and oxygen atoms in total. The molecule has 18 heavy (non-hydrogen) atoms. The first-order valence-corrected chi connectivity index (χ1v) is 5.56. The monoisotopic (exact) mass is 241 g/mol. The quantitative estimate of drug-likeness (QED) is 0.609. The molecule has 1 aromatic carbocycles. The van der Waals surface area contributed by atoms with Crippen molar-refractivity contribution in [3.05, 3.63) is 40.8 Å². The normalized spacial score (nSPS) is 10.9. The van der Waals surface area contributed by atoms with Crippen LogP contribution in [0.5, 0.6) is 0 Å². The van der Waals surface area contributed by atoms with Crippen molar-refractivity contribution >= 4 is 33.4 Å². The van der Waals surface area contributed by atoms with Crippen molar-refractivity contribution in [3.63, 3.8) is 0 Å². The third-order valence-corrected chi connectivity index (χ3v) is 2.87. The summed E-state index contributed by atoms with van der Waals surface area (Å²) in [5.74, 6) is -0.263. The molecular formula is C13H11N3O2. The van der Waals surface area contributed by atoms with Crippen LogP contribution in [0.15, 0.2) is 35.4 Å². The average Bonchev–Trinajstić information content (AvgIpc) is 2.34. The molecule has 0 aliphatic rings. The maximum Gasteiger partial charge on any atom is 0.221 e. The summed E-state index contributed by atoms with van der Waals surface area (Å²) in [4.78, 5) is 29.3. The summed E-state index contributed by atoms with van der Waals surface area (Å²) < 4.78 is 0. The lowest BCUT2D eigenvalue weighted by molar-refractivity contribution is -0.114. The van der Waals surface area contributed by atoms with Gasteiger partial charge >= 0.3 is 0 Å². The Bertz CT molecular complexity index is 809. The molecule has 0 radical (unpaired) electrons. The van der Waals surface area contributed by atoms with Crippen LogP contribution in [0, 0.1) is 0 Å². The van der Waals surface area contributed by atoms with E-state index in [9.17, 15) is 9.59 Å². The number of anilines is 1. The highest BCUT2D eigenvalue weighted by Crippen LogP contribution is 2.26. The maximum absolute atomic E-state index is 12.0. The summed E-state index contributed by atoms with van der Waals surface area (Å²) >= 11 is 0. The van der Waals surface area contributed by atoms with E-state index in [2.05, 4.69) is 15.3 Å². The zero-order valence-electron chi connectivity index (χ0n) is 9.70. The van der Waals surface area contributed by atoms with Gasteiger partial charge in [0.15, 0.2) is 0 Å². The summed E-state index contributed by atoms with van der Waals surface area (Å²) in [6, 6.07) is 5.25. The second kappa shape index (κ2) is 3.73. The number of nitrogens with one attached hydrogen (secondary N) is 3. The number of aromatic nitrogens is 2. The van der Waals surface area contributed by atoms with Crippen LogP contribution in [0.1, 0.15) is 6.92 Å². The highest BCUT2D eigenvalue weighted by Gasteiger charge is 2.11. The molecule has 0 saturated carbocycles. The number of carbonyl (C=O) groups excluding carboxylic acids is 1. The lowest BCUT2D eigenvalue weighted by Crippen LogP contribution is -2.15. The number of rotatable bonds is 1. The van der Waals surface area contributed by atoms with Crippen LogP contribution in [-0.2, 0) is 4.79 Å². The van der Waals surface area contributed by atoms with Gasteiger partial charge in [0.25, 0.3) is 0 Å². The summed E-state index contributed by atoms with van der Waals surface area (Å²) in [6.45, 7) is 1.38. The number of benzene rings is 1. The number of aromatic amines is 2. The molecule has 0 fully saturated rings. The average molecular weight is 241 g/mol. The van der Waals surface area contributed by atoms with Gasteiger partial charge in [-0.2, -0.15) is 0 Å². The fourth-order valence-corrected chi connectivity index (χ4v) is 2.18. The molecule has 3 N–H and O–H groups in total. The Balaban J connectivity index is 2.50. The predicted molar refractivity (Wildman–Crippen MR) is 70.7 cm³/mol. The van der Waals surface area contributed by atoms with E-state index in [0.29, 0.717) is 11.2 Å².